The van der Waals surface area contributed by atoms with Crippen molar-refractivity contribution in [2.24, 2.45) is 11.7 Å². The van der Waals surface area contributed by atoms with Gasteiger partial charge in [0.1, 0.15) is 0 Å². The second-order valence-corrected chi connectivity index (χ2v) is 3.27. The monoisotopic (exact) mass is 212 g/mol. The van der Waals surface area contributed by atoms with Crippen LogP contribution >= 0.6 is 0 Å². The van der Waals surface area contributed by atoms with E-state index in [1.807, 2.05) is 6.92 Å². The van der Waals surface area contributed by atoms with Crippen LogP contribution in [0, 0.1) is 5.92 Å². The molecule has 1 amide bonds. The first-order valence-corrected chi connectivity index (χ1v) is 4.98. The summed E-state index contributed by atoms with van der Waals surface area (Å²) in [5.74, 6) is 0.293. The number of nitrogens with two attached hydrogens (primary N) is 1. The molecule has 0 aromatic carbocycles. The maximum absolute atomic E-state index is 11.6. The molecule has 0 spiro atoms. The number of aromatic amines is 1. The largest absolute Gasteiger partial charge is 0.348 e. The van der Waals surface area contributed by atoms with Crippen molar-refractivity contribution >= 4 is 5.91 Å². The highest BCUT2D eigenvalue weighted by atomic mass is 16.1. The van der Waals surface area contributed by atoms with Gasteiger partial charge in [0.25, 0.3) is 0 Å². The van der Waals surface area contributed by atoms with Crippen LogP contribution in [0.25, 0.3) is 0 Å². The topological polar surface area (TPSA) is 110 Å². The quantitative estimate of drug-likeness (QED) is 0.571. The standard InChI is InChI=1S/C8H16N6O/c1-2-3-6(4-9)8(15)10-5-7-11-13-14-12-7/h6H,2-5,9H2,1H3,(H,10,15)(H,11,12,13,14). The number of tetrazole rings is 1. The molecular weight excluding hydrogens is 196 g/mol. The van der Waals surface area contributed by atoms with Gasteiger partial charge >= 0.3 is 0 Å². The zero-order valence-electron chi connectivity index (χ0n) is 8.73. The van der Waals surface area contributed by atoms with Crippen molar-refractivity contribution in [3.05, 3.63) is 5.82 Å². The number of carbonyl (C=O) groups is 1. The first-order chi connectivity index (χ1) is 7.27. The summed E-state index contributed by atoms with van der Waals surface area (Å²) in [6, 6.07) is 0. The maximum Gasteiger partial charge on any atom is 0.224 e. The molecule has 0 saturated carbocycles. The molecule has 1 aromatic heterocycles. The van der Waals surface area contributed by atoms with Crippen LogP contribution in [0.15, 0.2) is 0 Å². The minimum atomic E-state index is -0.123. The van der Waals surface area contributed by atoms with Crippen LogP contribution in [0.5, 0.6) is 0 Å². The van der Waals surface area contributed by atoms with E-state index < -0.39 is 0 Å². The molecule has 0 aliphatic heterocycles. The van der Waals surface area contributed by atoms with Gasteiger partial charge in [0.2, 0.25) is 5.91 Å². The fourth-order valence-electron chi connectivity index (χ4n) is 1.27. The summed E-state index contributed by atoms with van der Waals surface area (Å²) in [4.78, 5) is 11.6. The Morgan fingerprint density at radius 1 is 1.67 bits per heavy atom. The van der Waals surface area contributed by atoms with E-state index in [4.69, 9.17) is 5.73 Å². The molecule has 1 atom stereocenters. The van der Waals surface area contributed by atoms with Gasteiger partial charge in [-0.2, -0.15) is 5.21 Å². The molecule has 0 fully saturated rings. The van der Waals surface area contributed by atoms with Gasteiger partial charge in [0.15, 0.2) is 5.82 Å². The van der Waals surface area contributed by atoms with Crippen molar-refractivity contribution in [3.63, 3.8) is 0 Å². The first kappa shape index (κ1) is 11.6. The van der Waals surface area contributed by atoms with Crippen LogP contribution in [0.1, 0.15) is 25.6 Å². The number of H-pyrrole nitrogens is 1. The Morgan fingerprint density at radius 3 is 3.00 bits per heavy atom. The number of carbonyl (C=O) groups excluding carboxylic acids is 1. The highest BCUT2D eigenvalue weighted by Gasteiger charge is 2.15. The van der Waals surface area contributed by atoms with Crippen LogP contribution in [0.3, 0.4) is 0 Å². The Balaban J connectivity index is 2.34. The number of nitrogens with one attached hydrogen (secondary N) is 2. The third kappa shape index (κ3) is 3.62. The van der Waals surface area contributed by atoms with Crippen molar-refractivity contribution in [3.8, 4) is 0 Å². The van der Waals surface area contributed by atoms with Crippen LogP contribution in [0.2, 0.25) is 0 Å². The fourth-order valence-corrected chi connectivity index (χ4v) is 1.27. The van der Waals surface area contributed by atoms with Crippen molar-refractivity contribution in [2.45, 2.75) is 26.3 Å². The van der Waals surface area contributed by atoms with Crippen LogP contribution in [0.4, 0.5) is 0 Å². The van der Waals surface area contributed by atoms with Crippen LogP contribution in [-0.4, -0.2) is 33.1 Å². The molecule has 1 aromatic rings. The number of hydrogen-bond acceptors (Lipinski definition) is 5. The molecule has 0 aliphatic carbocycles. The summed E-state index contributed by atoms with van der Waals surface area (Å²) in [6.07, 6.45) is 1.74. The van der Waals surface area contributed by atoms with E-state index in [0.29, 0.717) is 12.4 Å². The highest BCUT2D eigenvalue weighted by molar-refractivity contribution is 5.78. The average Bonchev–Trinajstić information content (AvgIpc) is 2.75. The van der Waals surface area contributed by atoms with E-state index in [0.717, 1.165) is 12.8 Å². The normalized spacial score (nSPS) is 12.4. The Hall–Kier alpha value is -1.50. The predicted octanol–water partition coefficient (Wildman–Crippen LogP) is -0.809. The Bertz CT molecular complexity index is 285. The molecule has 7 nitrogen and oxygen atoms in total. The minimum Gasteiger partial charge on any atom is -0.348 e. The van der Waals surface area contributed by atoms with Gasteiger partial charge < -0.3 is 11.1 Å². The SMILES string of the molecule is CCCC(CN)C(=O)NCc1nn[nH]n1. The molecule has 15 heavy (non-hydrogen) atoms. The number of hydrogen-bond donors (Lipinski definition) is 3. The summed E-state index contributed by atoms with van der Waals surface area (Å²) in [5.41, 5.74) is 5.50. The zero-order chi connectivity index (χ0) is 11.1. The van der Waals surface area contributed by atoms with Crippen LogP contribution < -0.4 is 11.1 Å². The van der Waals surface area contributed by atoms with Crippen molar-refractivity contribution in [1.29, 1.82) is 0 Å². The molecule has 4 N–H and O–H groups in total. The third-order valence-corrected chi connectivity index (χ3v) is 2.10. The van der Waals surface area contributed by atoms with E-state index in [9.17, 15) is 4.79 Å². The minimum absolute atomic E-state index is 0.0517. The second-order valence-electron chi connectivity index (χ2n) is 3.27. The zero-order valence-corrected chi connectivity index (χ0v) is 8.73. The lowest BCUT2D eigenvalue weighted by Gasteiger charge is -2.12. The number of rotatable bonds is 6. The van der Waals surface area contributed by atoms with E-state index in [1.54, 1.807) is 0 Å². The first-order valence-electron chi connectivity index (χ1n) is 4.98. The summed E-state index contributed by atoms with van der Waals surface area (Å²) in [5, 5.41) is 15.9. The molecule has 7 heteroatoms. The highest BCUT2D eigenvalue weighted by Crippen LogP contribution is 2.04. The van der Waals surface area contributed by atoms with Crippen molar-refractivity contribution in [1.82, 2.24) is 25.9 Å². The Morgan fingerprint density at radius 2 is 2.47 bits per heavy atom. The molecule has 0 bridgehead atoms. The van der Waals surface area contributed by atoms with Gasteiger partial charge in [-0.25, -0.2) is 0 Å². The lowest BCUT2D eigenvalue weighted by Crippen LogP contribution is -2.34. The van der Waals surface area contributed by atoms with E-state index in [1.165, 1.54) is 0 Å². The number of amides is 1. The summed E-state index contributed by atoms with van der Waals surface area (Å²) in [6.45, 7) is 2.68. The van der Waals surface area contributed by atoms with Gasteiger partial charge in [-0.3, -0.25) is 4.79 Å². The number of nitrogens with zero attached hydrogens (tertiary/aromatic N) is 3. The molecule has 0 aliphatic rings. The van der Waals surface area contributed by atoms with E-state index in [-0.39, 0.29) is 18.4 Å². The van der Waals surface area contributed by atoms with Gasteiger partial charge in [-0.15, -0.1) is 10.2 Å². The molecule has 1 rings (SSSR count). The molecule has 84 valence electrons. The molecular formula is C8H16N6O. The molecule has 0 saturated heterocycles. The fraction of sp³-hybridized carbons (Fsp3) is 0.750. The second kappa shape index (κ2) is 6.07. The lowest BCUT2D eigenvalue weighted by molar-refractivity contribution is -0.125. The third-order valence-electron chi connectivity index (χ3n) is 2.10. The van der Waals surface area contributed by atoms with Crippen molar-refractivity contribution < 1.29 is 4.79 Å². The lowest BCUT2D eigenvalue weighted by atomic mass is 10.0. The molecule has 0 radical (unpaired) electrons. The van der Waals surface area contributed by atoms with Crippen LogP contribution in [-0.2, 0) is 11.3 Å². The molecule has 1 unspecified atom stereocenters. The number of aromatic nitrogens is 4. The van der Waals surface area contributed by atoms with Gasteiger partial charge in [-0.1, -0.05) is 18.6 Å². The summed E-state index contributed by atoms with van der Waals surface area (Å²) < 4.78 is 0. The smallest absolute Gasteiger partial charge is 0.224 e. The Labute approximate surface area is 87.8 Å². The average molecular weight is 212 g/mol. The van der Waals surface area contributed by atoms with Gasteiger partial charge in [0, 0.05) is 6.54 Å². The summed E-state index contributed by atoms with van der Waals surface area (Å²) in [7, 11) is 0. The van der Waals surface area contributed by atoms with Gasteiger partial charge in [-0.05, 0) is 6.42 Å². The van der Waals surface area contributed by atoms with Crippen molar-refractivity contribution in [2.75, 3.05) is 6.54 Å². The van der Waals surface area contributed by atoms with E-state index >= 15 is 0 Å². The Kier molecular flexibility index (Phi) is 4.69. The summed E-state index contributed by atoms with van der Waals surface area (Å²) >= 11 is 0. The molecule has 1 heterocycles. The maximum atomic E-state index is 11.6. The van der Waals surface area contributed by atoms with E-state index in [2.05, 4.69) is 25.9 Å². The predicted molar refractivity (Wildman–Crippen MR) is 53.5 cm³/mol. The van der Waals surface area contributed by atoms with Gasteiger partial charge in [0.05, 0.1) is 12.5 Å².